The second-order valence-electron chi connectivity index (χ2n) is 7.64. The molecule has 1 aromatic heterocycles. The summed E-state index contributed by atoms with van der Waals surface area (Å²) in [6, 6.07) is 14.9. The Bertz CT molecular complexity index is 703. The van der Waals surface area contributed by atoms with E-state index in [-0.39, 0.29) is 11.3 Å². The molecule has 0 bridgehead atoms. The van der Waals surface area contributed by atoms with Gasteiger partial charge < -0.3 is 4.90 Å². The zero-order chi connectivity index (χ0) is 17.9. The fourth-order valence-corrected chi connectivity index (χ4v) is 3.54. The first-order valence-corrected chi connectivity index (χ1v) is 9.85. The first-order valence-electron chi connectivity index (χ1n) is 8.86. The molecular weight excluding hydrogens is 328 g/mol. The van der Waals surface area contributed by atoms with Gasteiger partial charge in [0, 0.05) is 17.1 Å². The first-order chi connectivity index (χ1) is 11.9. The molecule has 0 saturated heterocycles. The van der Waals surface area contributed by atoms with Crippen LogP contribution in [0.4, 0.5) is 0 Å². The monoisotopic (exact) mass is 354 g/mol. The van der Waals surface area contributed by atoms with E-state index in [9.17, 15) is 4.79 Å². The molecule has 3 nitrogen and oxygen atoms in total. The highest BCUT2D eigenvalue weighted by molar-refractivity contribution is 8.00. The molecule has 3 rings (SSSR count). The van der Waals surface area contributed by atoms with E-state index in [1.54, 1.807) is 18.0 Å². The first kappa shape index (κ1) is 18.0. The van der Waals surface area contributed by atoms with Gasteiger partial charge >= 0.3 is 0 Å². The lowest BCUT2D eigenvalue weighted by Gasteiger charge is -2.22. The van der Waals surface area contributed by atoms with Gasteiger partial charge in [-0.1, -0.05) is 39.0 Å². The van der Waals surface area contributed by atoms with Crippen molar-refractivity contribution >= 4 is 17.7 Å². The molecule has 1 aliphatic rings. The summed E-state index contributed by atoms with van der Waals surface area (Å²) in [5.74, 6) is 0.691. The maximum absolute atomic E-state index is 12.7. The number of pyridine rings is 1. The Hall–Kier alpha value is -1.81. The van der Waals surface area contributed by atoms with Gasteiger partial charge in [0.25, 0.3) is 0 Å². The van der Waals surface area contributed by atoms with E-state index in [0.29, 0.717) is 18.3 Å². The lowest BCUT2D eigenvalue weighted by molar-refractivity contribution is -0.129. The van der Waals surface area contributed by atoms with Crippen LogP contribution in [0.25, 0.3) is 0 Å². The minimum absolute atomic E-state index is 0.157. The second kappa shape index (κ2) is 7.61. The normalized spacial score (nSPS) is 14.4. The molecule has 1 fully saturated rings. The fraction of sp³-hybridized carbons (Fsp3) is 0.429. The molecule has 0 N–H and O–H groups in total. The number of rotatable bonds is 6. The van der Waals surface area contributed by atoms with Crippen LogP contribution in [0.5, 0.6) is 0 Å². The van der Waals surface area contributed by atoms with Gasteiger partial charge in [-0.15, -0.1) is 11.8 Å². The molecule has 0 atom stereocenters. The lowest BCUT2D eigenvalue weighted by Crippen LogP contribution is -2.34. The fourth-order valence-electron chi connectivity index (χ4n) is 2.75. The number of hydrogen-bond donors (Lipinski definition) is 0. The van der Waals surface area contributed by atoms with Crippen LogP contribution in [0, 0.1) is 0 Å². The third-order valence-electron chi connectivity index (χ3n) is 4.45. The molecule has 1 aliphatic carbocycles. The summed E-state index contributed by atoms with van der Waals surface area (Å²) in [5, 5.41) is 0. The maximum Gasteiger partial charge on any atom is 0.233 e. The van der Waals surface area contributed by atoms with Crippen molar-refractivity contribution < 1.29 is 4.79 Å². The van der Waals surface area contributed by atoms with E-state index in [1.165, 1.54) is 5.56 Å². The number of amides is 1. The summed E-state index contributed by atoms with van der Waals surface area (Å²) < 4.78 is 0. The zero-order valence-electron chi connectivity index (χ0n) is 15.2. The van der Waals surface area contributed by atoms with Gasteiger partial charge in [-0.3, -0.25) is 9.78 Å². The van der Waals surface area contributed by atoms with Gasteiger partial charge in [-0.05, 0) is 48.1 Å². The highest BCUT2D eigenvalue weighted by atomic mass is 32.2. The average molecular weight is 355 g/mol. The predicted octanol–water partition coefficient (Wildman–Crippen LogP) is 4.66. The van der Waals surface area contributed by atoms with Crippen LogP contribution in [0.15, 0.2) is 53.6 Å². The second-order valence-corrected chi connectivity index (χ2v) is 8.69. The van der Waals surface area contributed by atoms with Crippen molar-refractivity contribution in [3.05, 3.63) is 59.9 Å². The van der Waals surface area contributed by atoms with Crippen molar-refractivity contribution in [1.29, 1.82) is 0 Å². The van der Waals surface area contributed by atoms with Crippen LogP contribution in [0.2, 0.25) is 0 Å². The molecule has 25 heavy (non-hydrogen) atoms. The molecule has 2 aromatic rings. The molecule has 0 spiro atoms. The van der Waals surface area contributed by atoms with Crippen LogP contribution in [-0.2, 0) is 16.8 Å². The summed E-state index contributed by atoms with van der Waals surface area (Å²) >= 11 is 1.62. The number of aromatic nitrogens is 1. The van der Waals surface area contributed by atoms with Crippen molar-refractivity contribution in [1.82, 2.24) is 9.88 Å². The van der Waals surface area contributed by atoms with E-state index in [0.717, 1.165) is 23.4 Å². The van der Waals surface area contributed by atoms with Crippen LogP contribution in [0.1, 0.15) is 44.9 Å². The van der Waals surface area contributed by atoms with Gasteiger partial charge in [-0.25, -0.2) is 0 Å². The Morgan fingerprint density at radius 2 is 1.88 bits per heavy atom. The molecular formula is C21H26N2OS. The Balaban J connectivity index is 1.58. The molecule has 1 aromatic carbocycles. The molecule has 4 heteroatoms. The summed E-state index contributed by atoms with van der Waals surface area (Å²) in [4.78, 5) is 20.2. The van der Waals surface area contributed by atoms with Gasteiger partial charge in [0.1, 0.15) is 0 Å². The third kappa shape index (κ3) is 5.08. The Morgan fingerprint density at radius 1 is 1.16 bits per heavy atom. The summed E-state index contributed by atoms with van der Waals surface area (Å²) in [7, 11) is 0. The van der Waals surface area contributed by atoms with E-state index < -0.39 is 0 Å². The smallest absolute Gasteiger partial charge is 0.233 e. The number of carbonyl (C=O) groups is 1. The van der Waals surface area contributed by atoms with Crippen LogP contribution in [-0.4, -0.2) is 27.6 Å². The number of thioether (sulfide) groups is 1. The van der Waals surface area contributed by atoms with Crippen molar-refractivity contribution in [2.24, 2.45) is 0 Å². The van der Waals surface area contributed by atoms with Gasteiger partial charge in [0.15, 0.2) is 0 Å². The summed E-state index contributed by atoms with van der Waals surface area (Å²) in [6.07, 6.45) is 4.02. The van der Waals surface area contributed by atoms with Crippen molar-refractivity contribution in [3.8, 4) is 0 Å². The standard InChI is InChI=1S/C21H26N2OS/c1-21(2,3)16-7-11-19(12-8-16)25-15-20(24)23(18-9-10-18)14-17-6-4-5-13-22-17/h4-8,11-13,18H,9-10,14-15H2,1-3H3. The quantitative estimate of drug-likeness (QED) is 0.707. The summed E-state index contributed by atoms with van der Waals surface area (Å²) in [5.41, 5.74) is 2.44. The number of hydrogen-bond acceptors (Lipinski definition) is 3. The van der Waals surface area contributed by atoms with Crippen molar-refractivity contribution in [2.75, 3.05) is 5.75 Å². The van der Waals surface area contributed by atoms with Crippen LogP contribution in [0.3, 0.4) is 0 Å². The number of benzene rings is 1. The van der Waals surface area contributed by atoms with Crippen molar-refractivity contribution in [3.63, 3.8) is 0 Å². The van der Waals surface area contributed by atoms with Gasteiger partial charge in [0.2, 0.25) is 5.91 Å². The van der Waals surface area contributed by atoms with Crippen LogP contribution < -0.4 is 0 Å². The van der Waals surface area contributed by atoms with Gasteiger partial charge in [0.05, 0.1) is 18.0 Å². The molecule has 132 valence electrons. The maximum atomic E-state index is 12.7. The van der Waals surface area contributed by atoms with E-state index in [2.05, 4.69) is 50.0 Å². The average Bonchev–Trinajstić information content (AvgIpc) is 3.43. The molecule has 1 amide bonds. The lowest BCUT2D eigenvalue weighted by atomic mass is 9.87. The Labute approximate surface area is 154 Å². The number of carbonyl (C=O) groups excluding carboxylic acids is 1. The highest BCUT2D eigenvalue weighted by Gasteiger charge is 2.32. The topological polar surface area (TPSA) is 33.2 Å². The van der Waals surface area contributed by atoms with Gasteiger partial charge in [-0.2, -0.15) is 0 Å². The highest BCUT2D eigenvalue weighted by Crippen LogP contribution is 2.30. The minimum Gasteiger partial charge on any atom is -0.333 e. The predicted molar refractivity (Wildman–Crippen MR) is 104 cm³/mol. The molecule has 1 saturated carbocycles. The Morgan fingerprint density at radius 3 is 2.44 bits per heavy atom. The SMILES string of the molecule is CC(C)(C)c1ccc(SCC(=O)N(Cc2ccccn2)C2CC2)cc1. The Kier molecular flexibility index (Phi) is 5.48. The van der Waals surface area contributed by atoms with Crippen LogP contribution >= 0.6 is 11.8 Å². The summed E-state index contributed by atoms with van der Waals surface area (Å²) in [6.45, 7) is 7.26. The van der Waals surface area contributed by atoms with E-state index in [4.69, 9.17) is 0 Å². The molecule has 0 radical (unpaired) electrons. The van der Waals surface area contributed by atoms with E-state index >= 15 is 0 Å². The minimum atomic E-state index is 0.157. The molecule has 1 heterocycles. The van der Waals surface area contributed by atoms with Crippen molar-refractivity contribution in [2.45, 2.75) is 56.5 Å². The largest absolute Gasteiger partial charge is 0.333 e. The third-order valence-corrected chi connectivity index (χ3v) is 5.45. The molecule has 0 unspecified atom stereocenters. The number of nitrogens with zero attached hydrogens (tertiary/aromatic N) is 2. The zero-order valence-corrected chi connectivity index (χ0v) is 16.1. The van der Waals surface area contributed by atoms with E-state index in [1.807, 2.05) is 23.1 Å². The molecule has 0 aliphatic heterocycles.